The molecule has 0 bridgehead atoms. The molecule has 4 heterocycles. The van der Waals surface area contributed by atoms with E-state index in [4.69, 9.17) is 5.73 Å². The van der Waals surface area contributed by atoms with Gasteiger partial charge in [0.25, 0.3) is 0 Å². The number of hydrazine groups is 1. The average Bonchev–Trinajstić information content (AvgIpc) is 3.16. The van der Waals surface area contributed by atoms with Gasteiger partial charge in [0.1, 0.15) is 11.6 Å². The van der Waals surface area contributed by atoms with Gasteiger partial charge in [0, 0.05) is 30.9 Å². The number of aromatic nitrogens is 2. The van der Waals surface area contributed by atoms with Gasteiger partial charge in [-0.3, -0.25) is 0 Å². The van der Waals surface area contributed by atoms with E-state index in [1.165, 1.54) is 6.07 Å². The molecule has 1 saturated heterocycles. The van der Waals surface area contributed by atoms with Crippen molar-refractivity contribution in [2.45, 2.75) is 44.9 Å². The predicted molar refractivity (Wildman–Crippen MR) is 110 cm³/mol. The molecular weight excluding hydrogens is 393 g/mol. The van der Waals surface area contributed by atoms with Crippen molar-refractivity contribution in [3.05, 3.63) is 47.3 Å². The summed E-state index contributed by atoms with van der Waals surface area (Å²) < 4.78 is 41.3. The van der Waals surface area contributed by atoms with Crippen LogP contribution < -0.4 is 21.5 Å². The van der Waals surface area contributed by atoms with Crippen LogP contribution in [-0.4, -0.2) is 29.1 Å². The molecule has 2 aromatic heterocycles. The van der Waals surface area contributed by atoms with Gasteiger partial charge in [-0.1, -0.05) is 19.9 Å². The van der Waals surface area contributed by atoms with Gasteiger partial charge in [-0.15, -0.1) is 0 Å². The van der Waals surface area contributed by atoms with Crippen LogP contribution in [0.5, 0.6) is 0 Å². The molecule has 3 unspecified atom stereocenters. The van der Waals surface area contributed by atoms with Gasteiger partial charge < -0.3 is 16.1 Å². The molecule has 3 atom stereocenters. The summed E-state index contributed by atoms with van der Waals surface area (Å²) in [5.74, 6) is 1.72. The smallest absolute Gasteiger partial charge is 0.356 e. The lowest BCUT2D eigenvalue weighted by atomic mass is 9.85. The first-order valence-electron chi connectivity index (χ1n) is 10.3. The Balaban J connectivity index is 1.69. The first kappa shape index (κ1) is 20.9. The molecule has 1 fully saturated rings. The highest BCUT2D eigenvalue weighted by Gasteiger charge is 2.39. The fourth-order valence-corrected chi connectivity index (χ4v) is 4.37. The van der Waals surface area contributed by atoms with Gasteiger partial charge in [-0.2, -0.15) is 13.2 Å². The van der Waals surface area contributed by atoms with Crippen molar-refractivity contribution in [2.75, 3.05) is 23.4 Å². The maximum atomic E-state index is 13.8. The van der Waals surface area contributed by atoms with E-state index in [1.54, 1.807) is 18.3 Å². The number of nitrogens with zero attached hydrogens (tertiary/aromatic N) is 3. The summed E-state index contributed by atoms with van der Waals surface area (Å²) in [4.78, 5) is 10.8. The molecule has 0 aliphatic carbocycles. The number of alkyl halides is 3. The number of halogens is 3. The third kappa shape index (κ3) is 3.96. The number of nitrogens with two attached hydrogens (primary N) is 1. The highest BCUT2D eigenvalue weighted by molar-refractivity contribution is 5.55. The van der Waals surface area contributed by atoms with Crippen molar-refractivity contribution >= 4 is 11.6 Å². The summed E-state index contributed by atoms with van der Waals surface area (Å²) in [6.07, 6.45) is -0.941. The van der Waals surface area contributed by atoms with Crippen molar-refractivity contribution < 1.29 is 13.2 Å². The molecule has 30 heavy (non-hydrogen) atoms. The van der Waals surface area contributed by atoms with Crippen LogP contribution in [0.15, 0.2) is 30.5 Å². The van der Waals surface area contributed by atoms with Crippen LogP contribution in [0.25, 0.3) is 0 Å². The van der Waals surface area contributed by atoms with Crippen molar-refractivity contribution in [3.8, 4) is 0 Å². The molecule has 0 radical (unpaired) electrons. The Morgan fingerprint density at radius 2 is 2.03 bits per heavy atom. The van der Waals surface area contributed by atoms with Gasteiger partial charge >= 0.3 is 6.18 Å². The number of anilines is 2. The standard InChI is InChI=1S/C21H27F3N6/c1-12(2)17(25)13-5-4-10-30(11-13)16-8-7-15(21(22,23)24)19(27-16)18-14-6-3-9-26-20(14)29-28-18/h3,6-9,12-13,17-18,28H,4-5,10-11,25H2,1-2H3,(H,26,29). The van der Waals surface area contributed by atoms with Gasteiger partial charge in [0.05, 0.1) is 17.3 Å². The molecule has 0 aromatic carbocycles. The Labute approximate surface area is 174 Å². The molecule has 9 heteroatoms. The van der Waals surface area contributed by atoms with Gasteiger partial charge in [0.15, 0.2) is 0 Å². The molecule has 0 spiro atoms. The number of hydrogen-bond acceptors (Lipinski definition) is 6. The first-order chi connectivity index (χ1) is 14.3. The van der Waals surface area contributed by atoms with E-state index in [1.807, 2.05) is 0 Å². The van der Waals surface area contributed by atoms with Crippen molar-refractivity contribution in [1.82, 2.24) is 15.4 Å². The summed E-state index contributed by atoms with van der Waals surface area (Å²) in [5.41, 5.74) is 12.0. The highest BCUT2D eigenvalue weighted by atomic mass is 19.4. The van der Waals surface area contributed by atoms with E-state index in [0.29, 0.717) is 35.6 Å². The summed E-state index contributed by atoms with van der Waals surface area (Å²) in [5, 5.41) is 0. The topological polar surface area (TPSA) is 79.1 Å². The Hall–Kier alpha value is -2.39. The van der Waals surface area contributed by atoms with E-state index in [9.17, 15) is 13.2 Å². The Bertz CT molecular complexity index is 901. The zero-order valence-electron chi connectivity index (χ0n) is 17.1. The molecule has 162 valence electrons. The van der Waals surface area contributed by atoms with Gasteiger partial charge in [0.2, 0.25) is 0 Å². The Morgan fingerprint density at radius 1 is 1.23 bits per heavy atom. The summed E-state index contributed by atoms with van der Waals surface area (Å²) in [7, 11) is 0. The minimum Gasteiger partial charge on any atom is -0.356 e. The van der Waals surface area contributed by atoms with Crippen LogP contribution in [0, 0.1) is 11.8 Å². The molecule has 2 aromatic rings. The third-order valence-corrected chi connectivity index (χ3v) is 6.07. The van der Waals surface area contributed by atoms with Crippen LogP contribution in [0.2, 0.25) is 0 Å². The summed E-state index contributed by atoms with van der Waals surface area (Å²) in [6, 6.07) is 5.40. The normalized spacial score (nSPS) is 22.7. The van der Waals surface area contributed by atoms with Crippen LogP contribution in [-0.2, 0) is 6.18 Å². The minimum absolute atomic E-state index is 0.0467. The van der Waals surface area contributed by atoms with E-state index in [2.05, 4.69) is 39.6 Å². The average molecular weight is 420 g/mol. The Morgan fingerprint density at radius 3 is 2.77 bits per heavy atom. The number of pyridine rings is 2. The summed E-state index contributed by atoms with van der Waals surface area (Å²) >= 11 is 0. The second kappa shape index (κ2) is 8.03. The van der Waals surface area contributed by atoms with Crippen LogP contribution in [0.3, 0.4) is 0 Å². The monoisotopic (exact) mass is 420 g/mol. The first-order valence-corrected chi connectivity index (χ1v) is 10.3. The number of piperidine rings is 1. The predicted octanol–water partition coefficient (Wildman–Crippen LogP) is 3.71. The zero-order chi connectivity index (χ0) is 21.5. The molecule has 0 saturated carbocycles. The molecule has 0 amide bonds. The largest absolute Gasteiger partial charge is 0.418 e. The van der Waals surface area contributed by atoms with Crippen molar-refractivity contribution in [3.63, 3.8) is 0 Å². The number of fused-ring (bicyclic) bond motifs is 1. The van der Waals surface area contributed by atoms with Crippen LogP contribution in [0.4, 0.5) is 24.8 Å². The summed E-state index contributed by atoms with van der Waals surface area (Å²) in [6.45, 7) is 5.66. The fourth-order valence-electron chi connectivity index (χ4n) is 4.37. The molecule has 2 aliphatic rings. The maximum absolute atomic E-state index is 13.8. The number of hydrogen-bond donors (Lipinski definition) is 3. The van der Waals surface area contributed by atoms with Gasteiger partial charge in [-0.25, -0.2) is 15.4 Å². The van der Waals surface area contributed by atoms with Crippen LogP contribution >= 0.6 is 0 Å². The van der Waals surface area contributed by atoms with E-state index >= 15 is 0 Å². The van der Waals surface area contributed by atoms with E-state index < -0.39 is 17.8 Å². The molecule has 4 rings (SSSR count). The fraction of sp³-hybridized carbons (Fsp3) is 0.524. The zero-order valence-corrected chi connectivity index (χ0v) is 17.1. The second-order valence-electron chi connectivity index (χ2n) is 8.41. The lowest BCUT2D eigenvalue weighted by Crippen LogP contribution is -2.46. The van der Waals surface area contributed by atoms with E-state index in [-0.39, 0.29) is 11.7 Å². The highest BCUT2D eigenvalue weighted by Crippen LogP contribution is 2.40. The molecule has 6 nitrogen and oxygen atoms in total. The maximum Gasteiger partial charge on any atom is 0.418 e. The number of rotatable bonds is 4. The minimum atomic E-state index is -4.50. The Kier molecular flexibility index (Phi) is 5.59. The SMILES string of the molecule is CC(C)C(N)C1CCCN(c2ccc(C(F)(F)F)c(C3NNc4ncccc43)n2)C1. The van der Waals surface area contributed by atoms with E-state index in [0.717, 1.165) is 25.5 Å². The lowest BCUT2D eigenvalue weighted by Gasteiger charge is -2.38. The van der Waals surface area contributed by atoms with Gasteiger partial charge in [-0.05, 0) is 42.9 Å². The van der Waals surface area contributed by atoms with Crippen molar-refractivity contribution in [1.29, 1.82) is 0 Å². The second-order valence-corrected chi connectivity index (χ2v) is 8.41. The van der Waals surface area contributed by atoms with Crippen molar-refractivity contribution in [2.24, 2.45) is 17.6 Å². The lowest BCUT2D eigenvalue weighted by molar-refractivity contribution is -0.138. The molecule has 2 aliphatic heterocycles. The molecular formula is C21H27F3N6. The number of nitrogens with one attached hydrogen (secondary N) is 2. The molecule has 4 N–H and O–H groups in total. The van der Waals surface area contributed by atoms with Crippen LogP contribution in [0.1, 0.15) is 49.6 Å². The quantitative estimate of drug-likeness (QED) is 0.700. The third-order valence-electron chi connectivity index (χ3n) is 6.07.